The summed E-state index contributed by atoms with van der Waals surface area (Å²) in [5, 5.41) is 3.70. The lowest BCUT2D eigenvalue weighted by Gasteiger charge is -2.14. The standard InChI is InChI=1S/C10H17ClN4/c1-3-7(4-2)5-13-9-8(11)6-14-10(12)15-9/h6-7H,3-5H2,1-2H3,(H3,12,13,14,15). The number of nitrogens with zero attached hydrogens (tertiary/aromatic N) is 2. The van der Waals surface area contributed by atoms with E-state index >= 15 is 0 Å². The van der Waals surface area contributed by atoms with Crippen molar-refractivity contribution in [1.29, 1.82) is 0 Å². The fraction of sp³-hybridized carbons (Fsp3) is 0.600. The van der Waals surface area contributed by atoms with Crippen molar-refractivity contribution >= 4 is 23.4 Å². The minimum Gasteiger partial charge on any atom is -0.368 e. The number of nitrogens with one attached hydrogen (secondary N) is 1. The van der Waals surface area contributed by atoms with Gasteiger partial charge >= 0.3 is 0 Å². The third-order valence-electron chi connectivity index (χ3n) is 2.48. The quantitative estimate of drug-likeness (QED) is 0.813. The highest BCUT2D eigenvalue weighted by Crippen LogP contribution is 2.19. The lowest BCUT2D eigenvalue weighted by atomic mass is 10.0. The van der Waals surface area contributed by atoms with Crippen molar-refractivity contribution in [2.45, 2.75) is 26.7 Å². The molecule has 0 saturated carbocycles. The van der Waals surface area contributed by atoms with Gasteiger partial charge in [0, 0.05) is 6.54 Å². The molecule has 84 valence electrons. The Hall–Kier alpha value is -1.03. The van der Waals surface area contributed by atoms with Crippen LogP contribution in [-0.2, 0) is 0 Å². The maximum atomic E-state index is 5.92. The molecule has 0 bridgehead atoms. The SMILES string of the molecule is CCC(CC)CNc1nc(N)ncc1Cl. The van der Waals surface area contributed by atoms with Crippen molar-refractivity contribution in [1.82, 2.24) is 9.97 Å². The second-order valence-corrected chi connectivity index (χ2v) is 3.90. The van der Waals surface area contributed by atoms with Gasteiger partial charge in [0.2, 0.25) is 5.95 Å². The van der Waals surface area contributed by atoms with Crippen molar-refractivity contribution in [2.24, 2.45) is 5.92 Å². The second kappa shape index (κ2) is 5.75. The summed E-state index contributed by atoms with van der Waals surface area (Å²) in [5.74, 6) is 1.50. The Morgan fingerprint density at radius 1 is 1.47 bits per heavy atom. The second-order valence-electron chi connectivity index (χ2n) is 3.49. The predicted octanol–water partition coefficient (Wildman–Crippen LogP) is 2.56. The molecule has 1 rings (SSSR count). The molecule has 1 heterocycles. The minimum absolute atomic E-state index is 0.242. The van der Waals surface area contributed by atoms with E-state index in [1.807, 2.05) is 0 Å². The molecular formula is C10H17ClN4. The Morgan fingerprint density at radius 2 is 2.13 bits per heavy atom. The molecule has 4 nitrogen and oxygen atoms in total. The molecule has 15 heavy (non-hydrogen) atoms. The molecule has 1 aromatic heterocycles. The highest BCUT2D eigenvalue weighted by atomic mass is 35.5. The van der Waals surface area contributed by atoms with E-state index in [1.165, 1.54) is 6.20 Å². The molecule has 0 spiro atoms. The monoisotopic (exact) mass is 228 g/mol. The molecular weight excluding hydrogens is 212 g/mol. The van der Waals surface area contributed by atoms with Crippen LogP contribution in [0.25, 0.3) is 0 Å². The molecule has 1 aromatic rings. The first kappa shape index (κ1) is 12.0. The summed E-state index contributed by atoms with van der Waals surface area (Å²) in [7, 11) is 0. The molecule has 3 N–H and O–H groups in total. The number of anilines is 2. The van der Waals surface area contributed by atoms with Crippen LogP contribution in [0.3, 0.4) is 0 Å². The fourth-order valence-corrected chi connectivity index (χ4v) is 1.48. The van der Waals surface area contributed by atoms with Crippen molar-refractivity contribution in [3.05, 3.63) is 11.2 Å². The Kier molecular flexibility index (Phi) is 4.62. The van der Waals surface area contributed by atoms with Gasteiger partial charge in [-0.2, -0.15) is 4.98 Å². The average molecular weight is 229 g/mol. The van der Waals surface area contributed by atoms with E-state index in [4.69, 9.17) is 17.3 Å². The first-order valence-corrected chi connectivity index (χ1v) is 5.57. The third kappa shape index (κ3) is 3.55. The lowest BCUT2D eigenvalue weighted by Crippen LogP contribution is -2.14. The van der Waals surface area contributed by atoms with E-state index in [0.717, 1.165) is 19.4 Å². The average Bonchev–Trinajstić information content (AvgIpc) is 2.24. The molecule has 0 aliphatic rings. The van der Waals surface area contributed by atoms with Crippen LogP contribution in [0.15, 0.2) is 6.20 Å². The number of nitrogen functional groups attached to an aromatic ring is 1. The maximum absolute atomic E-state index is 5.92. The van der Waals surface area contributed by atoms with E-state index in [9.17, 15) is 0 Å². The number of hydrogen-bond donors (Lipinski definition) is 2. The Morgan fingerprint density at radius 3 is 2.73 bits per heavy atom. The number of aromatic nitrogens is 2. The first-order valence-electron chi connectivity index (χ1n) is 5.19. The van der Waals surface area contributed by atoms with E-state index in [0.29, 0.717) is 16.8 Å². The lowest BCUT2D eigenvalue weighted by molar-refractivity contribution is 0.518. The molecule has 0 unspecified atom stereocenters. The molecule has 0 radical (unpaired) electrons. The van der Waals surface area contributed by atoms with Gasteiger partial charge in [-0.05, 0) is 5.92 Å². The first-order chi connectivity index (χ1) is 7.17. The van der Waals surface area contributed by atoms with E-state index in [-0.39, 0.29) is 5.95 Å². The predicted molar refractivity (Wildman–Crippen MR) is 64.0 cm³/mol. The zero-order chi connectivity index (χ0) is 11.3. The third-order valence-corrected chi connectivity index (χ3v) is 2.75. The van der Waals surface area contributed by atoms with Crippen LogP contribution in [0.2, 0.25) is 5.02 Å². The smallest absolute Gasteiger partial charge is 0.222 e. The van der Waals surface area contributed by atoms with Gasteiger partial charge in [0.15, 0.2) is 0 Å². The number of rotatable bonds is 5. The van der Waals surface area contributed by atoms with Crippen molar-refractivity contribution in [3.63, 3.8) is 0 Å². The Balaban J connectivity index is 2.60. The molecule has 0 atom stereocenters. The van der Waals surface area contributed by atoms with Crippen LogP contribution in [0, 0.1) is 5.92 Å². The Labute approximate surface area is 95.3 Å². The van der Waals surface area contributed by atoms with Crippen LogP contribution >= 0.6 is 11.6 Å². The number of hydrogen-bond acceptors (Lipinski definition) is 4. The van der Waals surface area contributed by atoms with E-state index in [2.05, 4.69) is 29.1 Å². The van der Waals surface area contributed by atoms with Gasteiger partial charge in [0.1, 0.15) is 10.8 Å². The highest BCUT2D eigenvalue weighted by molar-refractivity contribution is 6.32. The van der Waals surface area contributed by atoms with E-state index in [1.54, 1.807) is 0 Å². The Bertz CT molecular complexity index is 312. The van der Waals surface area contributed by atoms with E-state index < -0.39 is 0 Å². The zero-order valence-electron chi connectivity index (χ0n) is 9.13. The highest BCUT2D eigenvalue weighted by Gasteiger charge is 2.06. The minimum atomic E-state index is 0.242. The van der Waals surface area contributed by atoms with Crippen LogP contribution in [0.4, 0.5) is 11.8 Å². The summed E-state index contributed by atoms with van der Waals surface area (Å²) in [5.41, 5.74) is 5.48. The van der Waals surface area contributed by atoms with Crippen molar-refractivity contribution < 1.29 is 0 Å². The van der Waals surface area contributed by atoms with Crippen LogP contribution < -0.4 is 11.1 Å². The molecule has 0 aromatic carbocycles. The summed E-state index contributed by atoms with van der Waals surface area (Å²) >= 11 is 5.92. The topological polar surface area (TPSA) is 63.8 Å². The van der Waals surface area contributed by atoms with Gasteiger partial charge in [-0.25, -0.2) is 4.98 Å². The van der Waals surface area contributed by atoms with Gasteiger partial charge < -0.3 is 11.1 Å². The molecule has 0 fully saturated rings. The molecule has 0 saturated heterocycles. The molecule has 0 aliphatic heterocycles. The maximum Gasteiger partial charge on any atom is 0.222 e. The van der Waals surface area contributed by atoms with Gasteiger partial charge in [-0.15, -0.1) is 0 Å². The normalized spacial score (nSPS) is 10.7. The molecule has 0 amide bonds. The summed E-state index contributed by atoms with van der Waals surface area (Å²) < 4.78 is 0. The summed E-state index contributed by atoms with van der Waals surface area (Å²) in [6.07, 6.45) is 3.79. The van der Waals surface area contributed by atoms with Crippen molar-refractivity contribution in [2.75, 3.05) is 17.6 Å². The molecule has 5 heteroatoms. The van der Waals surface area contributed by atoms with Crippen LogP contribution in [0.1, 0.15) is 26.7 Å². The summed E-state index contributed by atoms with van der Waals surface area (Å²) in [4.78, 5) is 7.84. The van der Waals surface area contributed by atoms with Crippen LogP contribution in [-0.4, -0.2) is 16.5 Å². The van der Waals surface area contributed by atoms with Gasteiger partial charge in [-0.1, -0.05) is 38.3 Å². The van der Waals surface area contributed by atoms with Gasteiger partial charge in [0.25, 0.3) is 0 Å². The van der Waals surface area contributed by atoms with Crippen LogP contribution in [0.5, 0.6) is 0 Å². The van der Waals surface area contributed by atoms with Crippen molar-refractivity contribution in [3.8, 4) is 0 Å². The number of nitrogens with two attached hydrogens (primary N) is 1. The largest absolute Gasteiger partial charge is 0.368 e. The van der Waals surface area contributed by atoms with Gasteiger partial charge in [-0.3, -0.25) is 0 Å². The number of halogens is 1. The summed E-state index contributed by atoms with van der Waals surface area (Å²) in [6.45, 7) is 5.21. The summed E-state index contributed by atoms with van der Waals surface area (Å²) in [6, 6.07) is 0. The van der Waals surface area contributed by atoms with Gasteiger partial charge in [0.05, 0.1) is 6.20 Å². The molecule has 0 aliphatic carbocycles. The fourth-order valence-electron chi connectivity index (χ4n) is 1.32. The zero-order valence-corrected chi connectivity index (χ0v) is 9.88.